The van der Waals surface area contributed by atoms with Crippen LogP contribution in [0.2, 0.25) is 0 Å². The van der Waals surface area contributed by atoms with Gasteiger partial charge in [-0.1, -0.05) is 18.2 Å². The maximum absolute atomic E-state index is 10.4. The molecule has 0 bridgehead atoms. The van der Waals surface area contributed by atoms with E-state index < -0.39 is 5.97 Å². The maximum atomic E-state index is 10.4. The third kappa shape index (κ3) is 4.57. The molecule has 0 aliphatic heterocycles. The summed E-state index contributed by atoms with van der Waals surface area (Å²) >= 11 is 0. The monoisotopic (exact) mass is 246 g/mol. The summed E-state index contributed by atoms with van der Waals surface area (Å²) in [5, 5.41) is 17.1. The standard InChI is InChI=1S/C8H8O3.C6H6O/c1-11-7-4-2-6(3-5-7)8(9)10;7-6-4-2-1-3-5-6/h2-5H,1H3,(H,9,10);1-5,7H. The van der Waals surface area contributed by atoms with Crippen LogP contribution < -0.4 is 4.74 Å². The number of aromatic hydroxyl groups is 1. The van der Waals surface area contributed by atoms with E-state index >= 15 is 0 Å². The molecule has 2 aromatic carbocycles. The van der Waals surface area contributed by atoms with Crippen LogP contribution in [0.5, 0.6) is 11.5 Å². The summed E-state index contributed by atoms with van der Waals surface area (Å²) in [4.78, 5) is 10.4. The third-order valence-corrected chi connectivity index (χ3v) is 2.09. The first-order chi connectivity index (χ1) is 8.63. The second-order valence-electron chi connectivity index (χ2n) is 3.37. The Bertz CT molecular complexity index is 477. The Balaban J connectivity index is 0.000000199. The van der Waals surface area contributed by atoms with E-state index in [9.17, 15) is 4.79 Å². The van der Waals surface area contributed by atoms with Crippen LogP contribution in [0.1, 0.15) is 10.4 Å². The van der Waals surface area contributed by atoms with Crippen LogP contribution >= 0.6 is 0 Å². The fraction of sp³-hybridized carbons (Fsp3) is 0.0714. The van der Waals surface area contributed by atoms with Gasteiger partial charge in [-0.05, 0) is 36.4 Å². The number of phenols is 1. The normalized spacial score (nSPS) is 8.94. The van der Waals surface area contributed by atoms with Crippen molar-refractivity contribution in [2.45, 2.75) is 0 Å². The van der Waals surface area contributed by atoms with E-state index in [4.69, 9.17) is 14.9 Å². The minimum absolute atomic E-state index is 0.269. The van der Waals surface area contributed by atoms with Gasteiger partial charge >= 0.3 is 5.97 Å². The second-order valence-corrected chi connectivity index (χ2v) is 3.37. The van der Waals surface area contributed by atoms with Gasteiger partial charge in [0, 0.05) is 0 Å². The lowest BCUT2D eigenvalue weighted by Gasteiger charge is -1.98. The Morgan fingerprint density at radius 2 is 1.56 bits per heavy atom. The van der Waals surface area contributed by atoms with Gasteiger partial charge in [0.2, 0.25) is 0 Å². The smallest absolute Gasteiger partial charge is 0.335 e. The SMILES string of the molecule is COc1ccc(C(=O)O)cc1.Oc1ccccc1. The highest BCUT2D eigenvalue weighted by Gasteiger charge is 2.00. The van der Waals surface area contributed by atoms with Crippen molar-refractivity contribution in [1.82, 2.24) is 0 Å². The van der Waals surface area contributed by atoms with Gasteiger partial charge < -0.3 is 14.9 Å². The van der Waals surface area contributed by atoms with Gasteiger partial charge in [0.05, 0.1) is 12.7 Å². The predicted octanol–water partition coefficient (Wildman–Crippen LogP) is 2.79. The van der Waals surface area contributed by atoms with Gasteiger partial charge in [-0.15, -0.1) is 0 Å². The largest absolute Gasteiger partial charge is 0.508 e. The van der Waals surface area contributed by atoms with Crippen molar-refractivity contribution in [2.75, 3.05) is 7.11 Å². The molecule has 4 heteroatoms. The molecular formula is C14H14O4. The fourth-order valence-corrected chi connectivity index (χ4v) is 1.16. The van der Waals surface area contributed by atoms with Crippen LogP contribution in [0, 0.1) is 0 Å². The number of rotatable bonds is 2. The summed E-state index contributed by atoms with van der Waals surface area (Å²) < 4.78 is 4.86. The molecule has 0 unspecified atom stereocenters. The fourth-order valence-electron chi connectivity index (χ4n) is 1.16. The summed E-state index contributed by atoms with van der Waals surface area (Å²) in [6.07, 6.45) is 0. The zero-order valence-corrected chi connectivity index (χ0v) is 9.91. The summed E-state index contributed by atoms with van der Waals surface area (Å²) in [6, 6.07) is 14.9. The third-order valence-electron chi connectivity index (χ3n) is 2.09. The lowest BCUT2D eigenvalue weighted by molar-refractivity contribution is 0.0697. The molecule has 94 valence electrons. The number of hydrogen-bond donors (Lipinski definition) is 2. The number of phenolic OH excluding ortho intramolecular Hbond substituents is 1. The molecule has 0 spiro atoms. The molecule has 0 atom stereocenters. The summed E-state index contributed by atoms with van der Waals surface area (Å²) in [7, 11) is 1.54. The highest BCUT2D eigenvalue weighted by Crippen LogP contribution is 2.10. The van der Waals surface area contributed by atoms with Gasteiger partial charge in [0.1, 0.15) is 11.5 Å². The number of carboxylic acid groups (broad SMARTS) is 1. The molecule has 0 saturated heterocycles. The van der Waals surface area contributed by atoms with Gasteiger partial charge in [-0.25, -0.2) is 4.79 Å². The number of methoxy groups -OCH3 is 1. The molecule has 4 nitrogen and oxygen atoms in total. The molecule has 2 N–H and O–H groups in total. The molecule has 0 aromatic heterocycles. The predicted molar refractivity (Wildman–Crippen MR) is 68.1 cm³/mol. The molecule has 0 aliphatic rings. The van der Waals surface area contributed by atoms with Crippen LogP contribution in [0.15, 0.2) is 54.6 Å². The Morgan fingerprint density at radius 1 is 1.00 bits per heavy atom. The van der Waals surface area contributed by atoms with E-state index in [0.29, 0.717) is 11.5 Å². The van der Waals surface area contributed by atoms with Crippen molar-refractivity contribution in [1.29, 1.82) is 0 Å². The number of benzene rings is 2. The Morgan fingerprint density at radius 3 is 1.89 bits per heavy atom. The second kappa shape index (κ2) is 6.96. The number of aromatic carboxylic acids is 1. The molecule has 2 rings (SSSR count). The average Bonchev–Trinajstić information content (AvgIpc) is 2.40. The topological polar surface area (TPSA) is 66.8 Å². The Hall–Kier alpha value is -2.49. The summed E-state index contributed by atoms with van der Waals surface area (Å²) in [5.41, 5.74) is 0.269. The van der Waals surface area contributed by atoms with Crippen molar-refractivity contribution < 1.29 is 19.7 Å². The minimum Gasteiger partial charge on any atom is -0.508 e. The first-order valence-corrected chi connectivity index (χ1v) is 5.25. The van der Waals surface area contributed by atoms with E-state index in [0.717, 1.165) is 0 Å². The van der Waals surface area contributed by atoms with Crippen LogP contribution in [0.3, 0.4) is 0 Å². The van der Waals surface area contributed by atoms with E-state index in [1.54, 1.807) is 36.4 Å². The molecule has 0 heterocycles. The van der Waals surface area contributed by atoms with Crippen LogP contribution in [-0.2, 0) is 0 Å². The van der Waals surface area contributed by atoms with Gasteiger partial charge in [0.25, 0.3) is 0 Å². The number of carboxylic acids is 1. The quantitative estimate of drug-likeness (QED) is 0.855. The molecule has 0 fully saturated rings. The lowest BCUT2D eigenvalue weighted by Crippen LogP contribution is -1.95. The number of para-hydroxylation sites is 1. The maximum Gasteiger partial charge on any atom is 0.335 e. The zero-order chi connectivity index (χ0) is 13.4. The van der Waals surface area contributed by atoms with E-state index in [-0.39, 0.29) is 5.56 Å². The van der Waals surface area contributed by atoms with Crippen molar-refractivity contribution in [3.63, 3.8) is 0 Å². The first-order valence-electron chi connectivity index (χ1n) is 5.25. The lowest BCUT2D eigenvalue weighted by atomic mass is 10.2. The van der Waals surface area contributed by atoms with Crippen LogP contribution in [0.4, 0.5) is 0 Å². The Labute approximate surface area is 105 Å². The Kier molecular flexibility index (Phi) is 5.25. The molecule has 0 radical (unpaired) electrons. The van der Waals surface area contributed by atoms with Crippen molar-refractivity contribution in [3.8, 4) is 11.5 Å². The number of hydrogen-bond acceptors (Lipinski definition) is 3. The molecule has 0 saturated carbocycles. The van der Waals surface area contributed by atoms with E-state index in [1.807, 2.05) is 6.07 Å². The molecule has 0 aliphatic carbocycles. The molecule has 0 amide bonds. The zero-order valence-electron chi connectivity index (χ0n) is 9.91. The molecule has 18 heavy (non-hydrogen) atoms. The van der Waals surface area contributed by atoms with E-state index in [1.165, 1.54) is 19.2 Å². The van der Waals surface area contributed by atoms with Gasteiger partial charge in [0.15, 0.2) is 0 Å². The highest BCUT2D eigenvalue weighted by molar-refractivity contribution is 5.87. The summed E-state index contributed by atoms with van der Waals surface area (Å²) in [6.45, 7) is 0. The first kappa shape index (κ1) is 13.6. The van der Waals surface area contributed by atoms with Gasteiger partial charge in [-0.2, -0.15) is 0 Å². The van der Waals surface area contributed by atoms with Crippen molar-refractivity contribution in [2.24, 2.45) is 0 Å². The number of carbonyl (C=O) groups is 1. The highest BCUT2D eigenvalue weighted by atomic mass is 16.5. The number of ether oxygens (including phenoxy) is 1. The van der Waals surface area contributed by atoms with Crippen LogP contribution in [-0.4, -0.2) is 23.3 Å². The average molecular weight is 246 g/mol. The van der Waals surface area contributed by atoms with Gasteiger partial charge in [-0.3, -0.25) is 0 Å². The van der Waals surface area contributed by atoms with Crippen molar-refractivity contribution in [3.05, 3.63) is 60.2 Å². The molecular weight excluding hydrogens is 232 g/mol. The minimum atomic E-state index is -0.923. The molecule has 2 aromatic rings. The summed E-state index contributed by atoms with van der Waals surface area (Å²) in [5.74, 6) is 0.0603. The van der Waals surface area contributed by atoms with Crippen LogP contribution in [0.25, 0.3) is 0 Å². The van der Waals surface area contributed by atoms with E-state index in [2.05, 4.69) is 0 Å². The van der Waals surface area contributed by atoms with Crippen molar-refractivity contribution >= 4 is 5.97 Å².